The van der Waals surface area contributed by atoms with Crippen LogP contribution in [0.2, 0.25) is 5.02 Å². The minimum atomic E-state index is -3.21. The van der Waals surface area contributed by atoms with Gasteiger partial charge in [-0.25, -0.2) is 0 Å². The summed E-state index contributed by atoms with van der Waals surface area (Å²) < 4.78 is 60.2. The van der Waals surface area contributed by atoms with Crippen molar-refractivity contribution in [3.8, 4) is 11.5 Å². The van der Waals surface area contributed by atoms with E-state index >= 15 is 0 Å². The fraction of sp³-hybridized carbons (Fsp3) is 0.190. The Kier molecular flexibility index (Phi) is 6.99. The van der Waals surface area contributed by atoms with Gasteiger partial charge in [-0.15, -0.1) is 0 Å². The maximum atomic E-state index is 12.8. The molecule has 0 saturated carbocycles. The highest BCUT2D eigenvalue weighted by atomic mass is 35.5. The molecule has 1 aromatic heterocycles. The number of hydrogen-bond acceptors (Lipinski definition) is 3. The summed E-state index contributed by atoms with van der Waals surface area (Å²) in [6.45, 7) is -6.40. The zero-order valence-corrected chi connectivity index (χ0v) is 16.1. The number of halogens is 5. The fourth-order valence-electron chi connectivity index (χ4n) is 3.06. The first-order valence-corrected chi connectivity index (χ1v) is 9.16. The molecule has 0 N–H and O–H groups in total. The van der Waals surface area contributed by atoms with Crippen LogP contribution >= 0.6 is 11.6 Å². The Hall–Kier alpha value is -3.00. The van der Waals surface area contributed by atoms with Crippen molar-refractivity contribution in [2.75, 3.05) is 0 Å². The summed E-state index contributed by atoms with van der Waals surface area (Å²) in [4.78, 5) is 0. The molecule has 3 rings (SSSR count). The number of alkyl halides is 4. The van der Waals surface area contributed by atoms with Gasteiger partial charge in [0.05, 0.1) is 0 Å². The van der Waals surface area contributed by atoms with Gasteiger partial charge in [-0.1, -0.05) is 29.8 Å². The standard InChI is InChI=1S/C21H16ClF4NO3/c22-16-4-1-14(2-5-16)17(11-13-7-9-27(28)10-8-13)15-3-6-18(29-20(23)24)19(12-15)30-21(25)26/h1-10,12,17,20-21H,11H2. The van der Waals surface area contributed by atoms with E-state index in [0.717, 1.165) is 11.1 Å². The number of nitrogens with zero attached hydrogens (tertiary/aromatic N) is 1. The number of ether oxygens (including phenoxy) is 2. The first-order valence-electron chi connectivity index (χ1n) is 8.78. The molecule has 158 valence electrons. The van der Waals surface area contributed by atoms with E-state index in [-0.39, 0.29) is 5.92 Å². The molecule has 0 aliphatic rings. The van der Waals surface area contributed by atoms with Crippen LogP contribution in [-0.4, -0.2) is 13.2 Å². The minimum Gasteiger partial charge on any atom is -0.619 e. The number of benzene rings is 2. The molecule has 1 unspecified atom stereocenters. The van der Waals surface area contributed by atoms with Crippen LogP contribution in [-0.2, 0) is 6.42 Å². The molecule has 9 heteroatoms. The number of aromatic nitrogens is 1. The van der Waals surface area contributed by atoms with E-state index in [1.807, 2.05) is 0 Å². The maximum Gasteiger partial charge on any atom is 0.387 e. The van der Waals surface area contributed by atoms with Crippen molar-refractivity contribution in [2.45, 2.75) is 25.6 Å². The molecule has 0 saturated heterocycles. The highest BCUT2D eigenvalue weighted by molar-refractivity contribution is 6.30. The third-order valence-corrected chi connectivity index (χ3v) is 4.64. The van der Waals surface area contributed by atoms with Crippen LogP contribution in [0.3, 0.4) is 0 Å². The van der Waals surface area contributed by atoms with Gasteiger partial charge in [-0.2, -0.15) is 22.3 Å². The van der Waals surface area contributed by atoms with Gasteiger partial charge in [-0.05, 0) is 47.4 Å². The van der Waals surface area contributed by atoms with Crippen molar-refractivity contribution in [1.29, 1.82) is 0 Å². The van der Waals surface area contributed by atoms with Crippen LogP contribution in [0.15, 0.2) is 67.0 Å². The second-order valence-electron chi connectivity index (χ2n) is 6.34. The molecule has 30 heavy (non-hydrogen) atoms. The molecule has 1 heterocycles. The minimum absolute atomic E-state index is 0.356. The van der Waals surface area contributed by atoms with E-state index in [1.54, 1.807) is 36.4 Å². The number of rotatable bonds is 8. The lowest BCUT2D eigenvalue weighted by atomic mass is 9.86. The first kappa shape index (κ1) is 21.7. The van der Waals surface area contributed by atoms with E-state index in [1.165, 1.54) is 30.6 Å². The van der Waals surface area contributed by atoms with E-state index in [4.69, 9.17) is 11.6 Å². The van der Waals surface area contributed by atoms with Gasteiger partial charge in [0.2, 0.25) is 0 Å². The SMILES string of the molecule is [O-][n+]1ccc(CC(c2ccc(Cl)cc2)c2ccc(OC(F)F)c(OC(F)F)c2)cc1. The number of pyridine rings is 1. The van der Waals surface area contributed by atoms with Crippen LogP contribution in [0.25, 0.3) is 0 Å². The quantitative estimate of drug-likeness (QED) is 0.261. The Morgan fingerprint density at radius 1 is 0.800 bits per heavy atom. The molecule has 0 fully saturated rings. The lowest BCUT2D eigenvalue weighted by Gasteiger charge is -2.20. The first-order chi connectivity index (χ1) is 14.3. The van der Waals surface area contributed by atoms with Crippen molar-refractivity contribution in [2.24, 2.45) is 0 Å². The average molecular weight is 442 g/mol. The largest absolute Gasteiger partial charge is 0.619 e. The maximum absolute atomic E-state index is 12.8. The molecular weight excluding hydrogens is 426 g/mol. The molecule has 2 aromatic carbocycles. The van der Waals surface area contributed by atoms with Gasteiger partial charge >= 0.3 is 13.2 Å². The summed E-state index contributed by atoms with van der Waals surface area (Å²) >= 11 is 5.96. The predicted molar refractivity (Wildman–Crippen MR) is 102 cm³/mol. The molecule has 1 atom stereocenters. The van der Waals surface area contributed by atoms with Crippen molar-refractivity contribution in [3.63, 3.8) is 0 Å². The van der Waals surface area contributed by atoms with Crippen LogP contribution in [0, 0.1) is 5.21 Å². The average Bonchev–Trinajstić information content (AvgIpc) is 2.69. The molecule has 0 bridgehead atoms. The molecule has 3 aromatic rings. The van der Waals surface area contributed by atoms with Crippen molar-refractivity contribution < 1.29 is 31.8 Å². The van der Waals surface area contributed by atoms with E-state index in [0.29, 0.717) is 21.7 Å². The summed E-state index contributed by atoms with van der Waals surface area (Å²) in [6.07, 6.45) is 3.10. The Morgan fingerprint density at radius 3 is 1.97 bits per heavy atom. The summed E-state index contributed by atoms with van der Waals surface area (Å²) in [7, 11) is 0. The topological polar surface area (TPSA) is 45.4 Å². The van der Waals surface area contributed by atoms with E-state index < -0.39 is 24.7 Å². The highest BCUT2D eigenvalue weighted by Gasteiger charge is 2.21. The van der Waals surface area contributed by atoms with Crippen LogP contribution in [0.1, 0.15) is 22.6 Å². The fourth-order valence-corrected chi connectivity index (χ4v) is 3.19. The summed E-state index contributed by atoms with van der Waals surface area (Å²) in [6, 6.07) is 14.1. The second-order valence-corrected chi connectivity index (χ2v) is 6.77. The smallest absolute Gasteiger partial charge is 0.387 e. The molecule has 0 radical (unpaired) electrons. The third kappa shape index (κ3) is 5.76. The summed E-state index contributed by atoms with van der Waals surface area (Å²) in [5, 5.41) is 11.8. The number of hydrogen-bond donors (Lipinski definition) is 0. The van der Waals surface area contributed by atoms with Gasteiger partial charge in [0.1, 0.15) is 0 Å². The Morgan fingerprint density at radius 2 is 1.37 bits per heavy atom. The molecule has 0 spiro atoms. The normalized spacial score (nSPS) is 12.2. The summed E-state index contributed by atoms with van der Waals surface area (Å²) in [5.41, 5.74) is 2.16. The Bertz CT molecular complexity index is 969. The van der Waals surface area contributed by atoms with Gasteiger partial charge in [0, 0.05) is 23.1 Å². The van der Waals surface area contributed by atoms with E-state index in [9.17, 15) is 22.8 Å². The lowest BCUT2D eigenvalue weighted by Crippen LogP contribution is -2.24. The van der Waals surface area contributed by atoms with Crippen LogP contribution in [0.4, 0.5) is 17.6 Å². The van der Waals surface area contributed by atoms with Crippen molar-refractivity contribution in [1.82, 2.24) is 0 Å². The van der Waals surface area contributed by atoms with E-state index in [2.05, 4.69) is 9.47 Å². The van der Waals surface area contributed by atoms with Gasteiger partial charge in [0.15, 0.2) is 23.9 Å². The molecule has 0 amide bonds. The zero-order chi connectivity index (χ0) is 21.7. The molecular formula is C21H16ClF4NO3. The highest BCUT2D eigenvalue weighted by Crippen LogP contribution is 2.37. The molecule has 0 aliphatic heterocycles. The van der Waals surface area contributed by atoms with Crippen molar-refractivity contribution in [3.05, 3.63) is 93.9 Å². The molecule has 0 aliphatic carbocycles. The molecule has 4 nitrogen and oxygen atoms in total. The Balaban J connectivity index is 2.02. The van der Waals surface area contributed by atoms with Crippen LogP contribution in [0.5, 0.6) is 11.5 Å². The van der Waals surface area contributed by atoms with Gasteiger partial charge < -0.3 is 14.7 Å². The van der Waals surface area contributed by atoms with Gasteiger partial charge in [0.25, 0.3) is 0 Å². The van der Waals surface area contributed by atoms with Crippen LogP contribution < -0.4 is 14.2 Å². The second kappa shape index (κ2) is 9.67. The van der Waals surface area contributed by atoms with Crippen molar-refractivity contribution >= 4 is 11.6 Å². The Labute approximate surface area is 174 Å². The van der Waals surface area contributed by atoms with Gasteiger partial charge in [-0.3, -0.25) is 0 Å². The zero-order valence-electron chi connectivity index (χ0n) is 15.4. The third-order valence-electron chi connectivity index (χ3n) is 4.39. The summed E-state index contributed by atoms with van der Waals surface area (Å²) in [5.74, 6) is -1.34. The predicted octanol–water partition coefficient (Wildman–Crippen LogP) is 5.55. The monoisotopic (exact) mass is 441 g/mol. The lowest BCUT2D eigenvalue weighted by molar-refractivity contribution is -0.605.